The van der Waals surface area contributed by atoms with Crippen molar-refractivity contribution in [1.29, 1.82) is 0 Å². The molecule has 0 aromatic heterocycles. The highest BCUT2D eigenvalue weighted by Gasteiger charge is 2.47. The van der Waals surface area contributed by atoms with Gasteiger partial charge in [-0.15, -0.1) is 0 Å². The quantitative estimate of drug-likeness (QED) is 0.656. The van der Waals surface area contributed by atoms with Crippen LogP contribution in [0.4, 0.5) is 5.69 Å². The van der Waals surface area contributed by atoms with Gasteiger partial charge in [0, 0.05) is 17.2 Å². The van der Waals surface area contributed by atoms with Crippen molar-refractivity contribution < 1.29 is 4.70 Å². The Morgan fingerprint density at radius 3 is 2.76 bits per heavy atom. The Hall–Kier alpha value is -0.890. The molecule has 90 valence electrons. The molecule has 0 amide bonds. The normalized spacial score (nSPS) is 32.1. The summed E-state index contributed by atoms with van der Waals surface area (Å²) >= 11 is 5.92. The molecule has 1 aromatic rings. The lowest BCUT2D eigenvalue weighted by molar-refractivity contribution is -0.503. The van der Waals surface area contributed by atoms with Crippen LogP contribution in [0.2, 0.25) is 5.02 Å². The summed E-state index contributed by atoms with van der Waals surface area (Å²) in [6.07, 6.45) is 5.25. The second-order valence-corrected chi connectivity index (χ2v) is 5.89. The Balaban J connectivity index is 1.90. The number of halogens is 1. The zero-order valence-corrected chi connectivity index (χ0v) is 11.0. The lowest BCUT2D eigenvalue weighted by Gasteiger charge is -2.28. The van der Waals surface area contributed by atoms with E-state index in [0.29, 0.717) is 0 Å². The topological polar surface area (TPSA) is 15.4 Å². The predicted molar refractivity (Wildman–Crippen MR) is 69.0 cm³/mol. The zero-order valence-electron chi connectivity index (χ0n) is 10.2. The van der Waals surface area contributed by atoms with Crippen molar-refractivity contribution >= 4 is 17.3 Å². The van der Waals surface area contributed by atoms with E-state index in [-0.39, 0.29) is 5.54 Å². The van der Waals surface area contributed by atoms with Gasteiger partial charge in [0.1, 0.15) is 5.54 Å². The second-order valence-electron chi connectivity index (χ2n) is 5.46. The zero-order chi connectivity index (χ0) is 11.9. The van der Waals surface area contributed by atoms with Crippen LogP contribution in [0.15, 0.2) is 29.4 Å². The Labute approximate surface area is 107 Å². The molecule has 0 saturated heterocycles. The number of rotatable bonds is 1. The molecule has 2 aliphatic rings. The predicted octanol–water partition coefficient (Wildman–Crippen LogP) is 4.40. The second kappa shape index (κ2) is 4.09. The van der Waals surface area contributed by atoms with E-state index in [4.69, 9.17) is 16.7 Å². The van der Waals surface area contributed by atoms with Crippen LogP contribution in [0.25, 0.3) is 0 Å². The van der Waals surface area contributed by atoms with Crippen LogP contribution in [0.3, 0.4) is 0 Å². The molecule has 0 spiro atoms. The maximum Gasteiger partial charge on any atom is 0.231 e. The number of benzene rings is 1. The summed E-state index contributed by atoms with van der Waals surface area (Å²) in [4.78, 5) is 0. The summed E-state index contributed by atoms with van der Waals surface area (Å²) in [5.41, 5.74) is 1.35. The van der Waals surface area contributed by atoms with Crippen LogP contribution in [-0.2, 0) is 0 Å². The fraction of sp³-hybridized carbons (Fsp3) is 0.571. The van der Waals surface area contributed by atoms with E-state index in [1.165, 1.54) is 31.4 Å². The van der Waals surface area contributed by atoms with E-state index >= 15 is 0 Å². The Morgan fingerprint density at radius 2 is 2.06 bits per heavy atom. The molecule has 1 heterocycles. The molecule has 1 aliphatic heterocycles. The largest absolute Gasteiger partial charge is 0.231 e. The van der Waals surface area contributed by atoms with Crippen LogP contribution in [0.1, 0.15) is 32.6 Å². The summed E-state index contributed by atoms with van der Waals surface area (Å²) in [6, 6.07) is 8.01. The van der Waals surface area contributed by atoms with Crippen molar-refractivity contribution in [1.82, 2.24) is 0 Å². The van der Waals surface area contributed by atoms with Gasteiger partial charge in [0.05, 0.1) is 5.92 Å². The lowest BCUT2D eigenvalue weighted by Crippen LogP contribution is -2.33. The van der Waals surface area contributed by atoms with Gasteiger partial charge in [-0.05, 0) is 37.0 Å². The van der Waals surface area contributed by atoms with Gasteiger partial charge >= 0.3 is 0 Å². The van der Waals surface area contributed by atoms with Crippen molar-refractivity contribution in [2.75, 3.05) is 6.54 Å². The van der Waals surface area contributed by atoms with Crippen molar-refractivity contribution in [2.24, 2.45) is 11.0 Å². The summed E-state index contributed by atoms with van der Waals surface area (Å²) in [5, 5.41) is 5.72. The third-order valence-electron chi connectivity index (χ3n) is 4.23. The van der Waals surface area contributed by atoms with E-state index in [9.17, 15) is 0 Å². The molecule has 2 atom stereocenters. The highest BCUT2D eigenvalue weighted by Crippen LogP contribution is 2.42. The third kappa shape index (κ3) is 1.99. The van der Waals surface area contributed by atoms with Gasteiger partial charge in [-0.3, -0.25) is 0 Å². The summed E-state index contributed by atoms with van der Waals surface area (Å²) in [5.74, 6) is 0.729. The molecule has 1 saturated carbocycles. The minimum atomic E-state index is 0.178. The smallest absolute Gasteiger partial charge is 0.0881 e. The molecular formula is C14H18ClN2+. The molecule has 1 fully saturated rings. The van der Waals surface area contributed by atoms with Crippen molar-refractivity contribution in [3.63, 3.8) is 0 Å². The van der Waals surface area contributed by atoms with Crippen molar-refractivity contribution in [2.45, 2.75) is 38.1 Å². The van der Waals surface area contributed by atoms with E-state index in [2.05, 4.69) is 23.8 Å². The maximum absolute atomic E-state index is 5.92. The Morgan fingerprint density at radius 1 is 1.29 bits per heavy atom. The van der Waals surface area contributed by atoms with Gasteiger partial charge in [0.25, 0.3) is 0 Å². The van der Waals surface area contributed by atoms with Crippen LogP contribution in [-0.4, -0.2) is 16.8 Å². The van der Waals surface area contributed by atoms with Crippen LogP contribution in [0, 0.1) is 5.92 Å². The average molecular weight is 250 g/mol. The van der Waals surface area contributed by atoms with Crippen LogP contribution >= 0.6 is 11.6 Å². The third-order valence-corrected chi connectivity index (χ3v) is 4.48. The van der Waals surface area contributed by atoms with Gasteiger partial charge in [0.15, 0.2) is 6.54 Å². The molecule has 1 aromatic carbocycles. The molecule has 1 aliphatic carbocycles. The first-order chi connectivity index (χ1) is 8.17. The first kappa shape index (κ1) is 11.2. The average Bonchev–Trinajstić information content (AvgIpc) is 2.67. The molecule has 17 heavy (non-hydrogen) atoms. The van der Waals surface area contributed by atoms with Crippen LogP contribution in [0.5, 0.6) is 0 Å². The Kier molecular flexibility index (Phi) is 2.70. The molecule has 3 rings (SSSR count). The summed E-state index contributed by atoms with van der Waals surface area (Å²) in [6.45, 7) is 3.38. The SMILES string of the molecule is C[C@]12CCCC[C@H]1C[N+](c1ccc(Cl)cc1)=N2. The van der Waals surface area contributed by atoms with E-state index in [1.807, 2.05) is 12.1 Å². The highest BCUT2D eigenvalue weighted by molar-refractivity contribution is 6.30. The van der Waals surface area contributed by atoms with Gasteiger partial charge in [-0.25, -0.2) is 0 Å². The Bertz CT molecular complexity index is 452. The first-order valence-corrected chi connectivity index (χ1v) is 6.81. The number of nitrogens with zero attached hydrogens (tertiary/aromatic N) is 2. The maximum atomic E-state index is 5.92. The molecule has 0 bridgehead atoms. The molecular weight excluding hydrogens is 232 g/mol. The van der Waals surface area contributed by atoms with E-state index in [1.54, 1.807) is 0 Å². The summed E-state index contributed by atoms with van der Waals surface area (Å²) in [7, 11) is 0. The lowest BCUT2D eigenvalue weighted by atomic mass is 9.75. The van der Waals surface area contributed by atoms with Gasteiger partial charge in [-0.1, -0.05) is 29.1 Å². The van der Waals surface area contributed by atoms with Crippen LogP contribution < -0.4 is 0 Å². The standard InChI is InChI=1S/C14H18ClN2/c1-14-9-3-2-4-11(14)10-17(16-14)13-7-5-12(15)6-8-13/h5-8,11H,2-4,9-10H2,1H3/q+1/t11-,14-/m0/s1. The van der Waals surface area contributed by atoms with E-state index < -0.39 is 0 Å². The molecule has 0 unspecified atom stereocenters. The number of hydrogen-bond acceptors (Lipinski definition) is 1. The fourth-order valence-electron chi connectivity index (χ4n) is 3.11. The molecule has 0 radical (unpaired) electrons. The number of azo groups is 2. The van der Waals surface area contributed by atoms with E-state index in [0.717, 1.165) is 17.5 Å². The fourth-order valence-corrected chi connectivity index (χ4v) is 3.24. The first-order valence-electron chi connectivity index (χ1n) is 6.43. The minimum absolute atomic E-state index is 0.178. The summed E-state index contributed by atoms with van der Waals surface area (Å²) < 4.78 is 2.17. The van der Waals surface area contributed by atoms with Gasteiger partial charge in [-0.2, -0.15) is 0 Å². The van der Waals surface area contributed by atoms with Crippen molar-refractivity contribution in [3.05, 3.63) is 29.3 Å². The molecule has 0 N–H and O–H groups in total. The molecule has 3 heteroatoms. The highest BCUT2D eigenvalue weighted by atomic mass is 35.5. The minimum Gasteiger partial charge on any atom is -0.0881 e. The van der Waals surface area contributed by atoms with Gasteiger partial charge in [0.2, 0.25) is 5.69 Å². The number of fused-ring (bicyclic) bond motifs is 1. The monoisotopic (exact) mass is 249 g/mol. The number of hydrogen-bond donors (Lipinski definition) is 0. The van der Waals surface area contributed by atoms with Crippen molar-refractivity contribution in [3.8, 4) is 0 Å². The van der Waals surface area contributed by atoms with Gasteiger partial charge < -0.3 is 0 Å². The molecule has 2 nitrogen and oxygen atoms in total.